The molecule has 2 aromatic carbocycles. The van der Waals surface area contributed by atoms with Gasteiger partial charge in [0.1, 0.15) is 0 Å². The molecule has 20 heavy (non-hydrogen) atoms. The predicted molar refractivity (Wildman–Crippen MR) is 83.1 cm³/mol. The highest BCUT2D eigenvalue weighted by Crippen LogP contribution is 2.25. The summed E-state index contributed by atoms with van der Waals surface area (Å²) in [5.74, 6) is -0.0293. The van der Waals surface area contributed by atoms with Gasteiger partial charge in [-0.3, -0.25) is 4.79 Å². The normalized spacial score (nSPS) is 10.7. The Morgan fingerprint density at radius 2 is 1.90 bits per heavy atom. The molecule has 1 N–H and O–H groups in total. The van der Waals surface area contributed by atoms with Crippen molar-refractivity contribution in [2.45, 2.75) is 13.3 Å². The Morgan fingerprint density at radius 3 is 2.70 bits per heavy atom. The molecule has 0 unspecified atom stereocenters. The summed E-state index contributed by atoms with van der Waals surface area (Å²) in [5.41, 5.74) is 3.10. The molecular weight excluding hydrogens is 268 g/mol. The second-order valence-corrected chi connectivity index (χ2v) is 5.67. The molecule has 0 spiro atoms. The Bertz CT molecular complexity index is 731. The van der Waals surface area contributed by atoms with Crippen molar-refractivity contribution in [3.05, 3.63) is 59.7 Å². The number of hydrogen-bond donors (Lipinski definition) is 1. The summed E-state index contributed by atoms with van der Waals surface area (Å²) in [6, 6.07) is 15.8. The first-order chi connectivity index (χ1) is 9.72. The van der Waals surface area contributed by atoms with Gasteiger partial charge >= 0.3 is 0 Å². The molecule has 1 aromatic heterocycles. The van der Waals surface area contributed by atoms with E-state index in [-0.39, 0.29) is 5.91 Å². The molecule has 0 bridgehead atoms. The Morgan fingerprint density at radius 1 is 1.15 bits per heavy atom. The molecular formula is C16H14N2OS. The quantitative estimate of drug-likeness (QED) is 0.794. The summed E-state index contributed by atoms with van der Waals surface area (Å²) >= 11 is 1.50. The predicted octanol–water partition coefficient (Wildman–Crippen LogP) is 3.79. The van der Waals surface area contributed by atoms with Crippen molar-refractivity contribution in [1.82, 2.24) is 4.98 Å². The maximum atomic E-state index is 12.1. The molecule has 3 rings (SSSR count). The van der Waals surface area contributed by atoms with E-state index in [0.717, 1.165) is 21.3 Å². The molecule has 0 fully saturated rings. The van der Waals surface area contributed by atoms with Gasteiger partial charge in [0.2, 0.25) is 5.91 Å². The third-order valence-corrected chi connectivity index (χ3v) is 4.10. The van der Waals surface area contributed by atoms with Gasteiger partial charge in [0, 0.05) is 0 Å². The van der Waals surface area contributed by atoms with E-state index < -0.39 is 0 Å². The van der Waals surface area contributed by atoms with E-state index >= 15 is 0 Å². The minimum atomic E-state index is -0.0293. The maximum Gasteiger partial charge on any atom is 0.230 e. The van der Waals surface area contributed by atoms with E-state index in [1.807, 2.05) is 55.5 Å². The van der Waals surface area contributed by atoms with E-state index in [1.165, 1.54) is 11.3 Å². The van der Waals surface area contributed by atoms with Crippen LogP contribution in [0.5, 0.6) is 0 Å². The molecule has 0 aliphatic rings. The first kappa shape index (κ1) is 12.8. The van der Waals surface area contributed by atoms with Crippen molar-refractivity contribution in [3.8, 4) is 0 Å². The molecule has 1 heterocycles. The highest BCUT2D eigenvalue weighted by atomic mass is 32.1. The molecule has 0 saturated carbocycles. The summed E-state index contributed by atoms with van der Waals surface area (Å²) in [6.45, 7) is 2.01. The van der Waals surface area contributed by atoms with Crippen molar-refractivity contribution in [3.63, 3.8) is 0 Å². The number of amides is 1. The van der Waals surface area contributed by atoms with Crippen LogP contribution < -0.4 is 5.32 Å². The molecule has 0 saturated heterocycles. The number of aromatic nitrogens is 1. The number of hydrogen-bond acceptors (Lipinski definition) is 3. The molecule has 3 aromatic rings. The molecule has 0 radical (unpaired) electrons. The zero-order chi connectivity index (χ0) is 13.9. The van der Waals surface area contributed by atoms with E-state index in [4.69, 9.17) is 0 Å². The average molecular weight is 282 g/mol. The number of anilines is 1. The standard InChI is InChI=1S/C16H14N2OS/c1-11-6-2-3-7-12(11)10-15(19)18-16-17-13-8-4-5-9-14(13)20-16/h2-9H,10H2,1H3,(H,17,18,19). The van der Waals surface area contributed by atoms with Crippen LogP contribution >= 0.6 is 11.3 Å². The van der Waals surface area contributed by atoms with Crippen molar-refractivity contribution < 1.29 is 4.79 Å². The third kappa shape index (κ3) is 2.70. The number of thiazole rings is 1. The topological polar surface area (TPSA) is 42.0 Å². The van der Waals surface area contributed by atoms with Crippen molar-refractivity contribution in [2.75, 3.05) is 5.32 Å². The van der Waals surface area contributed by atoms with Gasteiger partial charge in [0.25, 0.3) is 0 Å². The summed E-state index contributed by atoms with van der Waals surface area (Å²) in [4.78, 5) is 16.5. The first-order valence-corrected chi connectivity index (χ1v) is 7.24. The van der Waals surface area contributed by atoms with Crippen LogP contribution in [0.1, 0.15) is 11.1 Å². The van der Waals surface area contributed by atoms with Gasteiger partial charge < -0.3 is 5.32 Å². The highest BCUT2D eigenvalue weighted by molar-refractivity contribution is 7.22. The van der Waals surface area contributed by atoms with Crippen LogP contribution in [-0.2, 0) is 11.2 Å². The van der Waals surface area contributed by atoms with E-state index in [9.17, 15) is 4.79 Å². The van der Waals surface area contributed by atoms with Crippen LogP contribution in [0.2, 0.25) is 0 Å². The molecule has 3 nitrogen and oxygen atoms in total. The third-order valence-electron chi connectivity index (χ3n) is 3.15. The number of rotatable bonds is 3. The number of nitrogens with one attached hydrogen (secondary N) is 1. The number of aryl methyl sites for hydroxylation is 1. The van der Waals surface area contributed by atoms with Gasteiger partial charge in [-0.25, -0.2) is 4.98 Å². The lowest BCUT2D eigenvalue weighted by molar-refractivity contribution is -0.115. The molecule has 1 amide bonds. The SMILES string of the molecule is Cc1ccccc1CC(=O)Nc1nc2ccccc2s1. The second-order valence-electron chi connectivity index (χ2n) is 4.64. The van der Waals surface area contributed by atoms with Crippen LogP contribution in [0.3, 0.4) is 0 Å². The smallest absolute Gasteiger partial charge is 0.230 e. The zero-order valence-electron chi connectivity index (χ0n) is 11.1. The largest absolute Gasteiger partial charge is 0.302 e. The first-order valence-electron chi connectivity index (χ1n) is 6.42. The van der Waals surface area contributed by atoms with Crippen LogP contribution in [0.25, 0.3) is 10.2 Å². The van der Waals surface area contributed by atoms with E-state index in [0.29, 0.717) is 11.6 Å². The Kier molecular flexibility index (Phi) is 3.48. The van der Waals surface area contributed by atoms with Crippen LogP contribution in [-0.4, -0.2) is 10.9 Å². The highest BCUT2D eigenvalue weighted by Gasteiger charge is 2.09. The molecule has 0 atom stereocenters. The van der Waals surface area contributed by atoms with E-state index in [1.54, 1.807) is 0 Å². The second kappa shape index (κ2) is 5.43. The minimum absolute atomic E-state index is 0.0293. The van der Waals surface area contributed by atoms with Gasteiger partial charge in [-0.1, -0.05) is 47.7 Å². The monoisotopic (exact) mass is 282 g/mol. The lowest BCUT2D eigenvalue weighted by atomic mass is 10.1. The fraction of sp³-hybridized carbons (Fsp3) is 0.125. The van der Waals surface area contributed by atoms with Crippen LogP contribution in [0.4, 0.5) is 5.13 Å². The lowest BCUT2D eigenvalue weighted by Gasteiger charge is -2.04. The van der Waals surface area contributed by atoms with Gasteiger partial charge in [0.05, 0.1) is 16.6 Å². The number of carbonyl (C=O) groups is 1. The van der Waals surface area contributed by atoms with Gasteiger partial charge in [-0.15, -0.1) is 0 Å². The molecule has 0 aliphatic heterocycles. The molecule has 0 aliphatic carbocycles. The number of fused-ring (bicyclic) bond motifs is 1. The number of benzene rings is 2. The summed E-state index contributed by atoms with van der Waals surface area (Å²) in [7, 11) is 0. The zero-order valence-corrected chi connectivity index (χ0v) is 11.9. The van der Waals surface area contributed by atoms with Crippen LogP contribution in [0.15, 0.2) is 48.5 Å². The maximum absolute atomic E-state index is 12.1. The van der Waals surface area contributed by atoms with Crippen molar-refractivity contribution >= 4 is 32.6 Å². The molecule has 4 heteroatoms. The Balaban J connectivity index is 1.74. The fourth-order valence-corrected chi connectivity index (χ4v) is 2.95. The van der Waals surface area contributed by atoms with Gasteiger partial charge in [0.15, 0.2) is 5.13 Å². The summed E-state index contributed by atoms with van der Waals surface area (Å²) < 4.78 is 1.08. The van der Waals surface area contributed by atoms with Crippen LogP contribution in [0, 0.1) is 6.92 Å². The minimum Gasteiger partial charge on any atom is -0.302 e. The van der Waals surface area contributed by atoms with Gasteiger partial charge in [-0.2, -0.15) is 0 Å². The number of carbonyl (C=O) groups excluding carboxylic acids is 1. The summed E-state index contributed by atoms with van der Waals surface area (Å²) in [5, 5.41) is 3.53. The van der Waals surface area contributed by atoms with Crippen molar-refractivity contribution in [2.24, 2.45) is 0 Å². The Labute approximate surface area is 121 Å². The Hall–Kier alpha value is -2.20. The summed E-state index contributed by atoms with van der Waals surface area (Å²) in [6.07, 6.45) is 0.378. The van der Waals surface area contributed by atoms with E-state index in [2.05, 4.69) is 10.3 Å². The number of para-hydroxylation sites is 1. The fourth-order valence-electron chi connectivity index (χ4n) is 2.07. The van der Waals surface area contributed by atoms with Gasteiger partial charge in [-0.05, 0) is 30.2 Å². The average Bonchev–Trinajstić information content (AvgIpc) is 2.83. The lowest BCUT2D eigenvalue weighted by Crippen LogP contribution is -2.14. The van der Waals surface area contributed by atoms with Crippen molar-refractivity contribution in [1.29, 1.82) is 0 Å². The molecule has 100 valence electrons. The number of nitrogens with zero attached hydrogens (tertiary/aromatic N) is 1.